The molecule has 0 saturated heterocycles. The summed E-state index contributed by atoms with van der Waals surface area (Å²) in [6.45, 7) is 0.249. The average molecular weight is 153 g/mol. The third-order valence-electron chi connectivity index (χ3n) is 0.734. The fraction of sp³-hybridized carbons (Fsp3) is 0.500. The van der Waals surface area contributed by atoms with Gasteiger partial charge in [0.2, 0.25) is 0 Å². The van der Waals surface area contributed by atoms with E-state index in [2.05, 4.69) is 15.4 Å². The molecular formula is C4H8N3NaO2. The number of nitrogens with zero attached hydrogens (tertiary/aromatic N) is 2. The zero-order valence-corrected chi connectivity index (χ0v) is 7.74. The molecule has 0 atom stereocenters. The van der Waals surface area contributed by atoms with E-state index in [1.165, 1.54) is 6.20 Å². The molecule has 1 heterocycles. The minimum atomic E-state index is -0.00708. The van der Waals surface area contributed by atoms with Crippen molar-refractivity contribution in [3.8, 4) is 5.88 Å². The molecule has 0 aliphatic heterocycles. The van der Waals surface area contributed by atoms with E-state index in [1.54, 1.807) is 0 Å². The maximum Gasteiger partial charge on any atom is 1.00 e. The molecule has 0 bridgehead atoms. The molecule has 52 valence electrons. The van der Waals surface area contributed by atoms with Crippen molar-refractivity contribution >= 4 is 0 Å². The Morgan fingerprint density at radius 2 is 2.60 bits per heavy atom. The van der Waals surface area contributed by atoms with Crippen molar-refractivity contribution in [2.45, 2.75) is 0 Å². The van der Waals surface area contributed by atoms with Gasteiger partial charge in [-0.3, -0.25) is 0 Å². The van der Waals surface area contributed by atoms with Gasteiger partial charge in [0.15, 0.2) is 0 Å². The number of rotatable bonds is 3. The molecule has 10 heavy (non-hydrogen) atoms. The molecule has 0 unspecified atom stereocenters. The second-order valence-corrected chi connectivity index (χ2v) is 1.38. The molecule has 1 aromatic rings. The molecule has 0 saturated carbocycles. The van der Waals surface area contributed by atoms with Gasteiger partial charge in [-0.2, -0.15) is 10.3 Å². The van der Waals surface area contributed by atoms with E-state index in [1.807, 2.05) is 0 Å². The summed E-state index contributed by atoms with van der Waals surface area (Å²) in [4.78, 5) is 0. The molecule has 1 aromatic heterocycles. The van der Waals surface area contributed by atoms with Crippen LogP contribution in [0.4, 0.5) is 0 Å². The molecule has 0 fully saturated rings. The van der Waals surface area contributed by atoms with Crippen molar-refractivity contribution in [1.82, 2.24) is 15.4 Å². The van der Waals surface area contributed by atoms with Crippen LogP contribution >= 0.6 is 0 Å². The van der Waals surface area contributed by atoms with Gasteiger partial charge >= 0.3 is 29.6 Å². The molecule has 0 spiro atoms. The van der Waals surface area contributed by atoms with Gasteiger partial charge in [0, 0.05) is 0 Å². The number of H-pyrrole nitrogens is 1. The predicted molar refractivity (Wildman–Crippen MR) is 30.1 cm³/mol. The summed E-state index contributed by atoms with van der Waals surface area (Å²) in [6.07, 6.45) is 1.44. The normalized spacial score (nSPS) is 8.50. The van der Waals surface area contributed by atoms with Crippen LogP contribution in [0.5, 0.6) is 5.88 Å². The van der Waals surface area contributed by atoms with Crippen LogP contribution in [0.3, 0.4) is 0 Å². The van der Waals surface area contributed by atoms with E-state index < -0.39 is 0 Å². The molecule has 6 heteroatoms. The van der Waals surface area contributed by atoms with Crippen molar-refractivity contribution in [1.29, 1.82) is 0 Å². The monoisotopic (exact) mass is 153 g/mol. The second-order valence-electron chi connectivity index (χ2n) is 1.38. The summed E-state index contributed by atoms with van der Waals surface area (Å²) in [6, 6.07) is 0. The number of hydrogen-bond acceptors (Lipinski definition) is 4. The molecule has 0 radical (unpaired) electrons. The molecule has 2 N–H and O–H groups in total. The molecule has 0 aliphatic carbocycles. The number of aliphatic hydroxyl groups is 1. The zero-order chi connectivity index (χ0) is 6.53. The second kappa shape index (κ2) is 5.67. The topological polar surface area (TPSA) is 71.0 Å². The van der Waals surface area contributed by atoms with E-state index in [-0.39, 0.29) is 44.2 Å². The van der Waals surface area contributed by atoms with Crippen LogP contribution in [0.25, 0.3) is 0 Å². The summed E-state index contributed by atoms with van der Waals surface area (Å²) in [5.74, 6) is 0.407. The average Bonchev–Trinajstić information content (AvgIpc) is 2.34. The first-order chi connectivity index (χ1) is 4.43. The van der Waals surface area contributed by atoms with Crippen LogP contribution in [-0.4, -0.2) is 33.7 Å². The maximum absolute atomic E-state index is 8.28. The van der Waals surface area contributed by atoms with Crippen LogP contribution < -0.4 is 34.3 Å². The summed E-state index contributed by atoms with van der Waals surface area (Å²) < 4.78 is 4.84. The van der Waals surface area contributed by atoms with Crippen molar-refractivity contribution in [3.63, 3.8) is 0 Å². The zero-order valence-electron chi connectivity index (χ0n) is 6.74. The summed E-state index contributed by atoms with van der Waals surface area (Å²) >= 11 is 0. The number of hydrogen-bond donors (Lipinski definition) is 2. The quantitative estimate of drug-likeness (QED) is 0.438. The van der Waals surface area contributed by atoms with Gasteiger partial charge in [0.25, 0.3) is 5.88 Å². The van der Waals surface area contributed by atoms with Crippen molar-refractivity contribution in [2.24, 2.45) is 0 Å². The van der Waals surface area contributed by atoms with Gasteiger partial charge in [-0.15, -0.1) is 5.10 Å². The molecular weight excluding hydrogens is 145 g/mol. The van der Waals surface area contributed by atoms with Crippen molar-refractivity contribution in [2.75, 3.05) is 13.2 Å². The van der Waals surface area contributed by atoms with E-state index in [4.69, 9.17) is 9.84 Å². The Morgan fingerprint density at radius 1 is 1.80 bits per heavy atom. The van der Waals surface area contributed by atoms with E-state index in [0.717, 1.165) is 0 Å². The van der Waals surface area contributed by atoms with E-state index >= 15 is 0 Å². The van der Waals surface area contributed by atoms with Gasteiger partial charge in [0.05, 0.1) is 6.61 Å². The Balaban J connectivity index is 0. The molecule has 0 aliphatic rings. The number of aromatic nitrogens is 3. The van der Waals surface area contributed by atoms with E-state index in [9.17, 15) is 0 Å². The first kappa shape index (κ1) is 9.90. The van der Waals surface area contributed by atoms with Crippen LogP contribution in [0.15, 0.2) is 6.20 Å². The number of nitrogens with one attached hydrogen (secondary N) is 1. The van der Waals surface area contributed by atoms with E-state index in [0.29, 0.717) is 5.88 Å². The third kappa shape index (κ3) is 3.17. The summed E-state index contributed by atoms with van der Waals surface area (Å²) in [5, 5.41) is 17.7. The molecule has 5 nitrogen and oxygen atoms in total. The third-order valence-corrected chi connectivity index (χ3v) is 0.734. The van der Waals surface area contributed by atoms with Crippen LogP contribution in [0.2, 0.25) is 0 Å². The van der Waals surface area contributed by atoms with Crippen molar-refractivity contribution < 1.29 is 40.8 Å². The maximum atomic E-state index is 8.28. The minimum absolute atomic E-state index is 0. The van der Waals surface area contributed by atoms with Gasteiger partial charge in [-0.25, -0.2) is 0 Å². The fourth-order valence-electron chi connectivity index (χ4n) is 0.411. The van der Waals surface area contributed by atoms with Crippen LogP contribution in [0, 0.1) is 0 Å². The predicted octanol–water partition coefficient (Wildman–Crippen LogP) is -3.71. The first-order valence-corrected chi connectivity index (χ1v) is 2.53. The molecule has 1 rings (SSSR count). The standard InChI is InChI=1S/C4H7N3O2.Na.H/c8-1-2-9-4-3-5-7-6-4;;/h3,8H,1-2H2,(H,5,6,7);;/q;+1;-1. The number of aromatic amines is 1. The summed E-state index contributed by atoms with van der Waals surface area (Å²) in [5.41, 5.74) is 0. The molecule has 0 aromatic carbocycles. The minimum Gasteiger partial charge on any atom is -1.00 e. The summed E-state index contributed by atoms with van der Waals surface area (Å²) in [7, 11) is 0. The largest absolute Gasteiger partial charge is 1.00 e. The number of aliphatic hydroxyl groups excluding tert-OH is 1. The van der Waals surface area contributed by atoms with Crippen LogP contribution in [-0.2, 0) is 0 Å². The Labute approximate surface area is 81.6 Å². The Kier molecular flexibility index (Phi) is 5.61. The number of ether oxygens (including phenoxy) is 1. The Morgan fingerprint density at radius 3 is 3.10 bits per heavy atom. The first-order valence-electron chi connectivity index (χ1n) is 2.53. The fourth-order valence-corrected chi connectivity index (χ4v) is 0.411. The Bertz CT molecular complexity index is 160. The Hall–Kier alpha value is -0.1000. The SMILES string of the molecule is OCCOc1cn[nH]n1.[H-].[Na+]. The van der Waals surface area contributed by atoms with Gasteiger partial charge in [-0.05, 0) is 0 Å². The van der Waals surface area contributed by atoms with Crippen LogP contribution in [0.1, 0.15) is 1.43 Å². The smallest absolute Gasteiger partial charge is 1.00 e. The van der Waals surface area contributed by atoms with Gasteiger partial charge in [-0.1, -0.05) is 0 Å². The molecule has 0 amide bonds. The van der Waals surface area contributed by atoms with Crippen molar-refractivity contribution in [3.05, 3.63) is 6.20 Å². The van der Waals surface area contributed by atoms with Gasteiger partial charge < -0.3 is 11.3 Å². The van der Waals surface area contributed by atoms with Gasteiger partial charge in [0.1, 0.15) is 12.8 Å².